The zero-order valence-corrected chi connectivity index (χ0v) is 26.7. The van der Waals surface area contributed by atoms with Crippen LogP contribution in [0.1, 0.15) is 40.4 Å². The quantitative estimate of drug-likeness (QED) is 0.0350. The number of carbonyl (C=O) groups excluding carboxylic acids is 4. The Labute approximate surface area is 278 Å². The number of nitrogens with one attached hydrogen (secondary N) is 3. The van der Waals surface area contributed by atoms with E-state index in [4.69, 9.17) is 10.6 Å². The molecule has 4 amide bonds. The van der Waals surface area contributed by atoms with Gasteiger partial charge < -0.3 is 41.9 Å². The molecule has 1 aromatic carbocycles. The van der Waals surface area contributed by atoms with Crippen LogP contribution in [0.4, 0.5) is 10.8 Å². The summed E-state index contributed by atoms with van der Waals surface area (Å²) < 4.78 is 33.8. The molecule has 4 rings (SSSR count). The molecule has 0 spiro atoms. The highest BCUT2D eigenvalue weighted by atomic mass is 32.2. The molecular formula is C26H26N8O13S2. The van der Waals surface area contributed by atoms with E-state index in [-0.39, 0.29) is 31.1 Å². The number of hydrogen-bond acceptors (Lipinski definition) is 15. The van der Waals surface area contributed by atoms with Crippen molar-refractivity contribution in [3.63, 3.8) is 0 Å². The van der Waals surface area contributed by atoms with Gasteiger partial charge in [-0.3, -0.25) is 28.5 Å². The number of nitrogens with zero attached hydrogens (tertiary/aromatic N) is 4. The predicted octanol–water partition coefficient (Wildman–Crippen LogP) is -1.41. The third-order valence-corrected chi connectivity index (χ3v) is 8.28. The molecule has 0 radical (unpaired) electrons. The van der Waals surface area contributed by atoms with Gasteiger partial charge in [0.1, 0.15) is 17.4 Å². The highest BCUT2D eigenvalue weighted by Gasteiger charge is 2.54. The van der Waals surface area contributed by atoms with E-state index in [1.165, 1.54) is 29.6 Å². The summed E-state index contributed by atoms with van der Waals surface area (Å²) >= 11 is 0.889. The lowest BCUT2D eigenvalue weighted by Gasteiger charge is -2.44. The molecule has 23 heteroatoms. The summed E-state index contributed by atoms with van der Waals surface area (Å²) in [5, 5.41) is 40.3. The molecule has 0 saturated carbocycles. The van der Waals surface area contributed by atoms with E-state index in [1.54, 1.807) is 0 Å². The Morgan fingerprint density at radius 1 is 1.16 bits per heavy atom. The Morgan fingerprint density at radius 3 is 2.47 bits per heavy atom. The highest BCUT2D eigenvalue weighted by molar-refractivity contribution is 7.84. The molecule has 1 aliphatic heterocycles. The summed E-state index contributed by atoms with van der Waals surface area (Å²) in [6.07, 6.45) is 0.605. The van der Waals surface area contributed by atoms with Gasteiger partial charge in [0.05, 0.1) is 12.2 Å². The standard InChI is InChI=1S/C26H26N8O13S2/c1-26(2,24(41)42)47-32-18(13-10-48-25(27)30-13)22(39)31-19-15(34(23(19)40)49(44,45)46)8-28-20(37)11-4-3-5-12(6-11)29-21(38)14-7-16(35)17(36)9-33(14)43/h3-7,9-10,15,19,36,43H,8H2,1-2H3,(H2,27,30)(H,28,37)(H,29,38)(H,31,39)(H,41,42)(H,44,45,46)/b32-18-/t15-,19+/m1/s1. The van der Waals surface area contributed by atoms with Crippen molar-refractivity contribution in [2.75, 3.05) is 17.6 Å². The third kappa shape index (κ3) is 7.91. The van der Waals surface area contributed by atoms with Gasteiger partial charge >= 0.3 is 16.3 Å². The predicted molar refractivity (Wildman–Crippen MR) is 166 cm³/mol. The van der Waals surface area contributed by atoms with Crippen molar-refractivity contribution in [1.82, 2.24) is 24.7 Å². The number of aromatic nitrogens is 2. The monoisotopic (exact) mass is 722 g/mol. The first-order valence-electron chi connectivity index (χ1n) is 13.5. The van der Waals surface area contributed by atoms with E-state index in [0.29, 0.717) is 12.3 Å². The molecule has 3 aromatic rings. The highest BCUT2D eigenvalue weighted by Crippen LogP contribution is 2.24. The van der Waals surface area contributed by atoms with Gasteiger partial charge in [0.15, 0.2) is 16.6 Å². The first kappa shape index (κ1) is 35.8. The number of β-lactam (4-membered cyclic amide) rings is 1. The Morgan fingerprint density at radius 2 is 1.86 bits per heavy atom. The summed E-state index contributed by atoms with van der Waals surface area (Å²) in [6, 6.07) is 2.57. The van der Waals surface area contributed by atoms with Crippen LogP contribution in [0, 0.1) is 0 Å². The van der Waals surface area contributed by atoms with Crippen LogP contribution < -0.4 is 27.1 Å². The fraction of sp³-hybridized carbons (Fsp3) is 0.231. The second-order valence-electron chi connectivity index (χ2n) is 10.5. The molecule has 1 saturated heterocycles. The third-order valence-electron chi connectivity index (χ3n) is 6.66. The van der Waals surface area contributed by atoms with E-state index in [0.717, 1.165) is 25.2 Å². The second-order valence-corrected chi connectivity index (χ2v) is 12.7. The number of carbonyl (C=O) groups is 5. The van der Waals surface area contributed by atoms with Crippen LogP contribution in [0.15, 0.2) is 51.9 Å². The maximum atomic E-state index is 13.2. The van der Waals surface area contributed by atoms with Gasteiger partial charge in [0.2, 0.25) is 11.0 Å². The number of benzene rings is 1. The Hall–Kier alpha value is -6.07. The number of aromatic hydroxyl groups is 1. The van der Waals surface area contributed by atoms with Crippen LogP contribution in [0.5, 0.6) is 5.75 Å². The molecule has 0 bridgehead atoms. The van der Waals surface area contributed by atoms with Gasteiger partial charge in [-0.15, -0.1) is 11.3 Å². The number of anilines is 2. The maximum absolute atomic E-state index is 13.2. The van der Waals surface area contributed by atoms with Gasteiger partial charge in [-0.05, 0) is 32.0 Å². The smallest absolute Gasteiger partial charge is 0.362 e. The second kappa shape index (κ2) is 13.6. The van der Waals surface area contributed by atoms with Crippen LogP contribution in [0.25, 0.3) is 0 Å². The van der Waals surface area contributed by atoms with Crippen molar-refractivity contribution in [2.45, 2.75) is 31.5 Å². The normalized spacial score (nSPS) is 16.3. The minimum absolute atomic E-state index is 0.00415. The maximum Gasteiger partial charge on any atom is 0.362 e. The lowest BCUT2D eigenvalue weighted by Crippen LogP contribution is -2.74. The fourth-order valence-corrected chi connectivity index (χ4v) is 5.51. The number of oxime groups is 1. The topological polar surface area (TPSA) is 322 Å². The van der Waals surface area contributed by atoms with E-state index in [2.05, 4.69) is 26.1 Å². The summed E-state index contributed by atoms with van der Waals surface area (Å²) in [6.45, 7) is 1.61. The van der Waals surface area contributed by atoms with Crippen LogP contribution in [-0.4, -0.2) is 102 Å². The summed E-state index contributed by atoms with van der Waals surface area (Å²) in [4.78, 5) is 83.6. The van der Waals surface area contributed by atoms with E-state index < -0.39 is 86.7 Å². The van der Waals surface area contributed by atoms with Gasteiger partial charge in [-0.25, -0.2) is 14.1 Å². The van der Waals surface area contributed by atoms with Crippen molar-refractivity contribution in [3.8, 4) is 5.75 Å². The lowest BCUT2D eigenvalue weighted by molar-refractivity contribution is -0.161. The van der Waals surface area contributed by atoms with E-state index in [9.17, 15) is 57.2 Å². The zero-order valence-electron chi connectivity index (χ0n) is 25.0. The number of carboxylic acid groups (broad SMARTS) is 1. The number of carboxylic acids is 1. The van der Waals surface area contributed by atoms with Gasteiger partial charge in [-0.1, -0.05) is 11.2 Å². The molecular weight excluding hydrogens is 696 g/mol. The molecule has 9 N–H and O–H groups in total. The number of hydrogen-bond donors (Lipinski definition) is 8. The molecule has 0 aliphatic carbocycles. The van der Waals surface area contributed by atoms with Crippen LogP contribution >= 0.6 is 11.3 Å². The van der Waals surface area contributed by atoms with E-state index in [1.807, 2.05) is 0 Å². The SMILES string of the molecule is CC(C)(O/N=C(\C(=O)N[C@@H]1C(=O)N(S(=O)(=O)O)[C@@H]1CNC(=O)c1cccc(NC(=O)c2cc(=O)c(O)cn2O)c1)c1csc(N)n1)C(=O)O. The average molecular weight is 723 g/mol. The zero-order chi connectivity index (χ0) is 36.4. The molecule has 0 unspecified atom stereocenters. The van der Waals surface area contributed by atoms with Gasteiger partial charge in [0, 0.05) is 29.2 Å². The summed E-state index contributed by atoms with van der Waals surface area (Å²) in [5.74, 6) is -6.59. The molecule has 2 atom stereocenters. The van der Waals surface area contributed by atoms with Crippen molar-refractivity contribution in [1.29, 1.82) is 0 Å². The molecule has 260 valence electrons. The average Bonchev–Trinajstić information content (AvgIpc) is 3.44. The fourth-order valence-electron chi connectivity index (χ4n) is 4.09. The lowest BCUT2D eigenvalue weighted by atomic mass is 9.98. The van der Waals surface area contributed by atoms with Crippen LogP contribution in [0.3, 0.4) is 0 Å². The largest absolute Gasteiger partial charge is 0.503 e. The number of pyridine rings is 1. The summed E-state index contributed by atoms with van der Waals surface area (Å²) in [5.41, 5.74) is 1.30. The Kier molecular flexibility index (Phi) is 9.91. The molecule has 3 heterocycles. The number of nitrogens with two attached hydrogens (primary N) is 1. The van der Waals surface area contributed by atoms with Crippen molar-refractivity contribution < 1.29 is 57.2 Å². The van der Waals surface area contributed by atoms with Crippen molar-refractivity contribution in [2.24, 2.45) is 5.16 Å². The van der Waals surface area contributed by atoms with Gasteiger partial charge in [0.25, 0.3) is 23.6 Å². The number of nitrogen functional groups attached to an aromatic ring is 1. The van der Waals surface area contributed by atoms with E-state index >= 15 is 0 Å². The van der Waals surface area contributed by atoms with Gasteiger partial charge in [-0.2, -0.15) is 13.1 Å². The van der Waals surface area contributed by atoms with Crippen LogP contribution in [0.2, 0.25) is 0 Å². The first-order valence-corrected chi connectivity index (χ1v) is 15.7. The molecule has 2 aromatic heterocycles. The minimum Gasteiger partial charge on any atom is -0.503 e. The number of thiazole rings is 1. The minimum atomic E-state index is -5.18. The first-order chi connectivity index (χ1) is 22.8. The Balaban J connectivity index is 1.51. The number of amides is 4. The van der Waals surface area contributed by atoms with Crippen molar-refractivity contribution in [3.05, 3.63) is 69.1 Å². The van der Waals surface area contributed by atoms with Crippen molar-refractivity contribution >= 4 is 67.8 Å². The number of aliphatic carboxylic acids is 1. The molecule has 1 aliphatic rings. The molecule has 49 heavy (non-hydrogen) atoms. The Bertz CT molecular complexity index is 2060. The summed E-state index contributed by atoms with van der Waals surface area (Å²) in [7, 11) is -5.18. The number of rotatable bonds is 12. The van der Waals surface area contributed by atoms with Crippen LogP contribution in [-0.2, 0) is 29.5 Å². The molecule has 1 fully saturated rings. The molecule has 21 nitrogen and oxygen atoms in total.